The van der Waals surface area contributed by atoms with Crippen LogP contribution in [0, 0.1) is 0 Å². The second kappa shape index (κ2) is 9.70. The monoisotopic (exact) mass is 494 g/mol. The summed E-state index contributed by atoms with van der Waals surface area (Å²) in [6, 6.07) is 9.97. The first kappa shape index (κ1) is 22.9. The number of anilines is 1. The van der Waals surface area contributed by atoms with Gasteiger partial charge in [0.25, 0.3) is 0 Å². The number of aromatic nitrogens is 2. The molecule has 1 aromatic heterocycles. The lowest BCUT2D eigenvalue weighted by Crippen LogP contribution is -2.35. The van der Waals surface area contributed by atoms with Crippen molar-refractivity contribution in [1.82, 2.24) is 14.3 Å². The highest BCUT2D eigenvalue weighted by atomic mass is 35.5. The van der Waals surface area contributed by atoms with Crippen LogP contribution in [-0.2, 0) is 14.8 Å². The molecule has 1 aliphatic rings. The number of imidazole rings is 1. The number of hydrogen-bond donors (Lipinski definition) is 2. The minimum atomic E-state index is -3.71. The Morgan fingerprint density at radius 2 is 2.00 bits per heavy atom. The van der Waals surface area contributed by atoms with Gasteiger partial charge in [-0.2, -0.15) is 4.31 Å². The van der Waals surface area contributed by atoms with E-state index in [2.05, 4.69) is 15.3 Å². The molecule has 1 aliphatic heterocycles. The van der Waals surface area contributed by atoms with E-state index in [0.29, 0.717) is 29.0 Å². The molecule has 0 spiro atoms. The smallest absolute Gasteiger partial charge is 0.246 e. The number of amides is 1. The molecule has 2 N–H and O–H groups in total. The number of thioether (sulfide) groups is 1. The van der Waals surface area contributed by atoms with Crippen LogP contribution in [0.25, 0.3) is 11.0 Å². The molecule has 0 atom stereocenters. The van der Waals surface area contributed by atoms with Crippen molar-refractivity contribution < 1.29 is 17.9 Å². The van der Waals surface area contributed by atoms with Crippen molar-refractivity contribution in [3.05, 3.63) is 41.4 Å². The maximum atomic E-state index is 13.1. The number of nitrogens with zero attached hydrogens (tertiary/aromatic N) is 2. The average molecular weight is 495 g/mol. The summed E-state index contributed by atoms with van der Waals surface area (Å²) in [6.07, 6.45) is 2.70. The molecule has 170 valence electrons. The van der Waals surface area contributed by atoms with E-state index in [1.54, 1.807) is 30.3 Å². The number of sulfonamides is 1. The number of aromatic amines is 1. The van der Waals surface area contributed by atoms with Crippen molar-refractivity contribution >= 4 is 56.0 Å². The summed E-state index contributed by atoms with van der Waals surface area (Å²) in [5, 5.41) is 3.96. The Bertz CT molecular complexity index is 1240. The maximum absolute atomic E-state index is 13.1. The van der Waals surface area contributed by atoms with Crippen LogP contribution in [0.3, 0.4) is 0 Å². The molecule has 1 saturated heterocycles. The van der Waals surface area contributed by atoms with Crippen molar-refractivity contribution in [2.24, 2.45) is 0 Å². The molecule has 2 aromatic carbocycles. The number of ether oxygens (including phenoxy) is 1. The Kier molecular flexibility index (Phi) is 6.94. The third kappa shape index (κ3) is 5.03. The zero-order valence-corrected chi connectivity index (χ0v) is 19.8. The lowest BCUT2D eigenvalue weighted by atomic mass is 10.2. The third-order valence-electron chi connectivity index (χ3n) is 5.14. The highest BCUT2D eigenvalue weighted by Crippen LogP contribution is 2.31. The maximum Gasteiger partial charge on any atom is 0.246 e. The SMILES string of the molecule is COc1ccc(NC(=O)CSc2nc3ccc(Cl)cc3[nH]2)cc1S(=O)(=O)N1CCCCC1. The number of piperidine rings is 1. The van der Waals surface area contributed by atoms with E-state index in [9.17, 15) is 13.2 Å². The molecule has 1 fully saturated rings. The number of nitrogens with one attached hydrogen (secondary N) is 2. The van der Waals surface area contributed by atoms with E-state index in [0.717, 1.165) is 30.3 Å². The molecule has 0 bridgehead atoms. The second-order valence-electron chi connectivity index (χ2n) is 7.37. The number of benzene rings is 2. The number of hydrogen-bond acceptors (Lipinski definition) is 6. The topological polar surface area (TPSA) is 104 Å². The van der Waals surface area contributed by atoms with Crippen molar-refractivity contribution in [3.63, 3.8) is 0 Å². The molecular formula is C21H23ClN4O4S2. The van der Waals surface area contributed by atoms with Crippen LogP contribution in [0.15, 0.2) is 46.5 Å². The number of fused-ring (bicyclic) bond motifs is 1. The molecule has 2 heterocycles. The third-order valence-corrected chi connectivity index (χ3v) is 8.17. The molecule has 8 nitrogen and oxygen atoms in total. The van der Waals surface area contributed by atoms with E-state index < -0.39 is 10.0 Å². The van der Waals surface area contributed by atoms with Gasteiger partial charge in [-0.1, -0.05) is 29.8 Å². The lowest BCUT2D eigenvalue weighted by molar-refractivity contribution is -0.113. The predicted molar refractivity (Wildman–Crippen MR) is 126 cm³/mol. The largest absolute Gasteiger partial charge is 0.495 e. The molecule has 1 amide bonds. The summed E-state index contributed by atoms with van der Waals surface area (Å²) >= 11 is 7.23. The number of halogens is 1. The van der Waals surface area contributed by atoms with Gasteiger partial charge >= 0.3 is 0 Å². The zero-order valence-electron chi connectivity index (χ0n) is 17.4. The lowest BCUT2D eigenvalue weighted by Gasteiger charge is -2.26. The predicted octanol–water partition coefficient (Wildman–Crippen LogP) is 4.13. The summed E-state index contributed by atoms with van der Waals surface area (Å²) in [7, 11) is -2.28. The van der Waals surface area contributed by atoms with E-state index in [1.165, 1.54) is 29.2 Å². The Morgan fingerprint density at radius 3 is 2.75 bits per heavy atom. The fraction of sp³-hybridized carbons (Fsp3) is 0.333. The molecule has 11 heteroatoms. The number of methoxy groups -OCH3 is 1. The first-order valence-electron chi connectivity index (χ1n) is 10.1. The van der Waals surface area contributed by atoms with Gasteiger partial charge in [-0.25, -0.2) is 13.4 Å². The molecule has 3 aromatic rings. The van der Waals surface area contributed by atoms with Crippen LogP contribution >= 0.6 is 23.4 Å². The number of rotatable bonds is 7. The fourth-order valence-electron chi connectivity index (χ4n) is 3.56. The Balaban J connectivity index is 1.46. The van der Waals surface area contributed by atoms with E-state index in [4.69, 9.17) is 16.3 Å². The summed E-state index contributed by atoms with van der Waals surface area (Å²) in [5.41, 5.74) is 1.95. The highest BCUT2D eigenvalue weighted by Gasteiger charge is 2.29. The summed E-state index contributed by atoms with van der Waals surface area (Å²) in [4.78, 5) is 20.1. The molecule has 4 rings (SSSR count). The van der Waals surface area contributed by atoms with Crippen LogP contribution in [0.1, 0.15) is 19.3 Å². The van der Waals surface area contributed by atoms with Crippen molar-refractivity contribution in [3.8, 4) is 5.75 Å². The molecule has 0 saturated carbocycles. The van der Waals surface area contributed by atoms with Gasteiger partial charge in [0, 0.05) is 23.8 Å². The summed E-state index contributed by atoms with van der Waals surface area (Å²) in [5.74, 6) is 0.0807. The van der Waals surface area contributed by atoms with Gasteiger partial charge in [0.15, 0.2) is 5.16 Å². The standard InChI is InChI=1S/C21H23ClN4O4S2/c1-30-18-8-6-15(12-19(18)32(28,29)26-9-3-2-4-10-26)23-20(27)13-31-21-24-16-7-5-14(22)11-17(16)25-21/h5-8,11-12H,2-4,9-10,13H2,1H3,(H,23,27)(H,24,25). The first-order valence-corrected chi connectivity index (χ1v) is 12.9. The second-order valence-corrected chi connectivity index (χ2v) is 10.7. The quantitative estimate of drug-likeness (QED) is 0.478. The van der Waals surface area contributed by atoms with Gasteiger partial charge in [0.05, 0.1) is 23.9 Å². The van der Waals surface area contributed by atoms with Gasteiger partial charge in [-0.15, -0.1) is 0 Å². The van der Waals surface area contributed by atoms with Crippen molar-refractivity contribution in [1.29, 1.82) is 0 Å². The molecule has 32 heavy (non-hydrogen) atoms. The van der Waals surface area contributed by atoms with Crippen LogP contribution in [0.2, 0.25) is 5.02 Å². The Morgan fingerprint density at radius 1 is 1.22 bits per heavy atom. The first-order chi connectivity index (χ1) is 15.4. The average Bonchev–Trinajstić information content (AvgIpc) is 3.20. The van der Waals surface area contributed by atoms with E-state index in [1.807, 2.05) is 0 Å². The van der Waals surface area contributed by atoms with Gasteiger partial charge in [-0.05, 0) is 49.2 Å². The van der Waals surface area contributed by atoms with Crippen LogP contribution in [0.4, 0.5) is 5.69 Å². The van der Waals surface area contributed by atoms with Crippen LogP contribution < -0.4 is 10.1 Å². The highest BCUT2D eigenvalue weighted by molar-refractivity contribution is 7.99. The van der Waals surface area contributed by atoms with E-state index >= 15 is 0 Å². The number of carbonyl (C=O) groups excluding carboxylic acids is 1. The van der Waals surface area contributed by atoms with E-state index in [-0.39, 0.29) is 22.3 Å². The molecule has 0 radical (unpaired) electrons. The fourth-order valence-corrected chi connectivity index (χ4v) is 6.11. The Hall–Kier alpha value is -2.27. The van der Waals surface area contributed by atoms with Gasteiger partial charge in [-0.3, -0.25) is 4.79 Å². The van der Waals surface area contributed by atoms with Gasteiger partial charge in [0.1, 0.15) is 10.6 Å². The summed E-state index contributed by atoms with van der Waals surface area (Å²) < 4.78 is 33.0. The Labute approximate surface area is 195 Å². The zero-order chi connectivity index (χ0) is 22.7. The van der Waals surface area contributed by atoms with Gasteiger partial charge < -0.3 is 15.0 Å². The normalized spacial score (nSPS) is 15.1. The van der Waals surface area contributed by atoms with Crippen LogP contribution in [-0.4, -0.2) is 54.6 Å². The molecular weight excluding hydrogens is 472 g/mol. The minimum Gasteiger partial charge on any atom is -0.495 e. The number of H-pyrrole nitrogens is 1. The van der Waals surface area contributed by atoms with Crippen LogP contribution in [0.5, 0.6) is 5.75 Å². The van der Waals surface area contributed by atoms with Crippen molar-refractivity contribution in [2.45, 2.75) is 29.3 Å². The minimum absolute atomic E-state index is 0.0570. The molecule has 0 unspecified atom stereocenters. The summed E-state index contributed by atoms with van der Waals surface area (Å²) in [6.45, 7) is 0.975. The van der Waals surface area contributed by atoms with Crippen molar-refractivity contribution in [2.75, 3.05) is 31.3 Å². The molecule has 0 aliphatic carbocycles. The van der Waals surface area contributed by atoms with Gasteiger partial charge in [0.2, 0.25) is 15.9 Å². The number of carbonyl (C=O) groups is 1.